The van der Waals surface area contributed by atoms with Crippen molar-refractivity contribution < 1.29 is 39.6 Å². The van der Waals surface area contributed by atoms with Crippen LogP contribution in [0.3, 0.4) is 0 Å². The second-order valence-electron chi connectivity index (χ2n) is 21.8. The summed E-state index contributed by atoms with van der Waals surface area (Å²) in [7, 11) is 0. The molecule has 0 aliphatic heterocycles. The number of rotatable bonds is 19. The molecule has 10 rings (SSSR count). The lowest BCUT2D eigenvalue weighted by Crippen LogP contribution is -2.14. The summed E-state index contributed by atoms with van der Waals surface area (Å²) in [4.78, 5) is 61.4. The lowest BCUT2D eigenvalue weighted by Gasteiger charge is -2.26. The van der Waals surface area contributed by atoms with Crippen molar-refractivity contribution in [3.05, 3.63) is 359 Å². The SMILES string of the molecule is [C-]#[N+]C(=Cc1ccc(C(=Cc2ccc(N(c3ccc(C=Cc4ccc5c(c4)C(C)(C)c4ccccc4-5)cc3)c3ccc(C=C(c4ccc(C=C([N+]#[C-])C(=O)O)cc4)c4ccc(C=C([N+]#[C-])C(=O)O)cc4)cc3)cc2)c2ccc(C=C([N+]#[C-])C(=O)O)cc2)cc1)C(=O)O. The van der Waals surface area contributed by atoms with Gasteiger partial charge in [0.15, 0.2) is 0 Å². The molecular weight excluding hydrogens is 1150 g/mol. The highest BCUT2D eigenvalue weighted by Crippen LogP contribution is 2.49. The van der Waals surface area contributed by atoms with Crippen molar-refractivity contribution in [3.8, 4) is 11.1 Å². The molecule has 1 aliphatic carbocycles. The standard InChI is InChI=1S/C79H53N5O8/c1-79(2)69-10-8-7-9-65(69)66-42-27-53(45-70(66)79)12-11-50-21-36-62(37-22-50)84(63-38-23-51(24-39-63)43-67(58-28-13-54(14-29-58)46-71(80-3)75(85)86)59-30-15-55(16-31-59)47-72(81-4)76(87)88)64-40-25-52(26-41-64)44-68(60-32-17-56(18-33-60)48-73(82-5)77(89)90)61-34-19-57(20-35-61)49-74(83-6)78(91)92/h7-49H,1-2H3,(H,85,86)(H,87,88)(H,89,90)(H,91,92). The van der Waals surface area contributed by atoms with Crippen molar-refractivity contribution in [2.75, 3.05) is 4.90 Å². The predicted octanol–water partition coefficient (Wildman–Crippen LogP) is 18.2. The molecule has 0 spiro atoms. The topological polar surface area (TPSA) is 170 Å². The Morgan fingerprint density at radius 3 is 0.935 bits per heavy atom. The Morgan fingerprint density at radius 2 is 0.609 bits per heavy atom. The van der Waals surface area contributed by atoms with Gasteiger partial charge in [0, 0.05) is 22.5 Å². The summed E-state index contributed by atoms with van der Waals surface area (Å²) in [6, 6.07) is 68.0. The number of aliphatic carboxylic acids is 4. The summed E-state index contributed by atoms with van der Waals surface area (Å²) in [5.74, 6) is -5.34. The lowest BCUT2D eigenvalue weighted by atomic mass is 9.82. The van der Waals surface area contributed by atoms with Crippen LogP contribution in [0.1, 0.15) is 91.7 Å². The van der Waals surface area contributed by atoms with E-state index in [1.165, 1.54) is 46.6 Å². The molecule has 0 saturated carbocycles. The zero-order chi connectivity index (χ0) is 65.1. The van der Waals surface area contributed by atoms with Crippen molar-refractivity contribution in [1.82, 2.24) is 0 Å². The van der Waals surface area contributed by atoms with Crippen LogP contribution >= 0.6 is 0 Å². The van der Waals surface area contributed by atoms with Gasteiger partial charge in [0.25, 0.3) is 22.8 Å². The summed E-state index contributed by atoms with van der Waals surface area (Å²) in [5.41, 5.74) is 16.2. The smallest absolute Gasteiger partial charge is 0.333 e. The first-order valence-corrected chi connectivity index (χ1v) is 28.6. The van der Waals surface area contributed by atoms with Crippen LogP contribution in [0.25, 0.3) is 90.3 Å². The lowest BCUT2D eigenvalue weighted by molar-refractivity contribution is -0.133. The van der Waals surface area contributed by atoms with Gasteiger partial charge in [0.05, 0.1) is 26.3 Å². The number of carbonyl (C=O) groups is 4. The second kappa shape index (κ2) is 27.2. The third kappa shape index (κ3) is 14.0. The number of anilines is 3. The zero-order valence-corrected chi connectivity index (χ0v) is 49.5. The second-order valence-corrected chi connectivity index (χ2v) is 21.8. The Balaban J connectivity index is 1.04. The molecule has 4 N–H and O–H groups in total. The van der Waals surface area contributed by atoms with Crippen LogP contribution < -0.4 is 4.90 Å². The average Bonchev–Trinajstić information content (AvgIpc) is 1.59. The third-order valence-electron chi connectivity index (χ3n) is 15.6. The van der Waals surface area contributed by atoms with Crippen LogP contribution in [0.2, 0.25) is 0 Å². The first kappa shape index (κ1) is 61.9. The Bertz CT molecular complexity index is 4400. The Morgan fingerprint density at radius 1 is 0.337 bits per heavy atom. The first-order chi connectivity index (χ1) is 44.4. The van der Waals surface area contributed by atoms with Crippen LogP contribution in [0.15, 0.2) is 235 Å². The van der Waals surface area contributed by atoms with E-state index >= 15 is 0 Å². The van der Waals surface area contributed by atoms with E-state index in [1.54, 1.807) is 48.5 Å². The minimum Gasteiger partial charge on any atom is -0.486 e. The van der Waals surface area contributed by atoms with Gasteiger partial charge in [-0.3, -0.25) is 19.2 Å². The summed E-state index contributed by atoms with van der Waals surface area (Å²) in [5, 5.41) is 38.1. The van der Waals surface area contributed by atoms with Crippen molar-refractivity contribution in [3.63, 3.8) is 0 Å². The van der Waals surface area contributed by atoms with Crippen LogP contribution in [0.5, 0.6) is 0 Å². The van der Waals surface area contributed by atoms with E-state index in [0.29, 0.717) is 22.3 Å². The van der Waals surface area contributed by atoms with Crippen LogP contribution in [0.4, 0.5) is 17.1 Å². The summed E-state index contributed by atoms with van der Waals surface area (Å²) in [6.45, 7) is 33.9. The van der Waals surface area contributed by atoms with Gasteiger partial charge in [-0.2, -0.15) is 0 Å². The molecular formula is C79H53N5O8. The molecule has 0 radical (unpaired) electrons. The fraction of sp³-hybridized carbons (Fsp3) is 0.0380. The van der Waals surface area contributed by atoms with E-state index in [1.807, 2.05) is 109 Å². The molecule has 0 fully saturated rings. The molecule has 13 nitrogen and oxygen atoms in total. The maximum absolute atomic E-state index is 11.7. The summed E-state index contributed by atoms with van der Waals surface area (Å²) >= 11 is 0. The number of benzene rings is 9. The Labute approximate surface area is 531 Å². The molecule has 92 heavy (non-hydrogen) atoms. The number of hydrogen-bond acceptors (Lipinski definition) is 5. The predicted molar refractivity (Wildman–Crippen MR) is 363 cm³/mol. The fourth-order valence-electron chi connectivity index (χ4n) is 10.9. The number of carboxylic acid groups (broad SMARTS) is 4. The minimum atomic E-state index is -1.34. The van der Waals surface area contributed by atoms with Crippen LogP contribution in [-0.4, -0.2) is 44.3 Å². The number of carboxylic acids is 4. The van der Waals surface area contributed by atoms with Gasteiger partial charge in [-0.05, 0) is 173 Å². The minimum absolute atomic E-state index is 0.138. The van der Waals surface area contributed by atoms with E-state index in [0.717, 1.165) is 72.7 Å². The number of hydrogen-bond donors (Lipinski definition) is 4. The number of nitrogens with zero attached hydrogens (tertiary/aromatic N) is 5. The van der Waals surface area contributed by atoms with Gasteiger partial charge in [-0.25, -0.2) is 19.4 Å². The van der Waals surface area contributed by atoms with E-state index in [-0.39, 0.29) is 5.41 Å². The maximum Gasteiger partial charge on any atom is 0.333 e. The molecule has 442 valence electrons. The monoisotopic (exact) mass is 1200 g/mol. The summed E-state index contributed by atoms with van der Waals surface area (Å²) in [6.07, 6.45) is 13.4. The highest BCUT2D eigenvalue weighted by atomic mass is 16.4. The summed E-state index contributed by atoms with van der Waals surface area (Å²) < 4.78 is 0. The molecule has 0 bridgehead atoms. The quantitative estimate of drug-likeness (QED) is 0.0350. The van der Waals surface area contributed by atoms with Crippen LogP contribution in [-0.2, 0) is 24.6 Å². The molecule has 0 saturated heterocycles. The maximum atomic E-state index is 11.7. The molecule has 9 aromatic carbocycles. The zero-order valence-electron chi connectivity index (χ0n) is 49.5. The Hall–Kier alpha value is -13.2. The van der Waals surface area contributed by atoms with Gasteiger partial charge in [-0.15, -0.1) is 0 Å². The van der Waals surface area contributed by atoms with Crippen molar-refractivity contribution in [2.24, 2.45) is 0 Å². The van der Waals surface area contributed by atoms with Crippen molar-refractivity contribution >= 4 is 101 Å². The van der Waals surface area contributed by atoms with Crippen molar-refractivity contribution in [1.29, 1.82) is 0 Å². The molecule has 0 unspecified atom stereocenters. The third-order valence-corrected chi connectivity index (χ3v) is 15.6. The molecule has 0 amide bonds. The first-order valence-electron chi connectivity index (χ1n) is 28.6. The van der Waals surface area contributed by atoms with E-state index < -0.39 is 46.7 Å². The highest BCUT2D eigenvalue weighted by Gasteiger charge is 2.35. The normalized spacial score (nSPS) is 12.4. The van der Waals surface area contributed by atoms with E-state index in [4.69, 9.17) is 26.3 Å². The molecule has 13 heteroatoms. The Kier molecular flexibility index (Phi) is 18.3. The van der Waals surface area contributed by atoms with E-state index in [9.17, 15) is 39.6 Å². The number of fused-ring (bicyclic) bond motifs is 3. The van der Waals surface area contributed by atoms with Crippen molar-refractivity contribution in [2.45, 2.75) is 19.3 Å². The molecule has 0 aromatic heterocycles. The fourth-order valence-corrected chi connectivity index (χ4v) is 10.9. The van der Waals surface area contributed by atoms with Gasteiger partial charge >= 0.3 is 23.9 Å². The molecule has 0 atom stereocenters. The average molecular weight is 1200 g/mol. The van der Waals surface area contributed by atoms with Gasteiger partial charge in [0.1, 0.15) is 0 Å². The highest BCUT2D eigenvalue weighted by molar-refractivity contribution is 5.98. The van der Waals surface area contributed by atoms with Gasteiger partial charge in [0.2, 0.25) is 0 Å². The molecule has 9 aromatic rings. The van der Waals surface area contributed by atoms with Gasteiger partial charge < -0.3 is 25.3 Å². The largest absolute Gasteiger partial charge is 0.486 e. The molecule has 0 heterocycles. The van der Waals surface area contributed by atoms with E-state index in [2.05, 4.69) is 117 Å². The molecule has 1 aliphatic rings. The van der Waals surface area contributed by atoms with Gasteiger partial charge in [-0.1, -0.05) is 202 Å². The van der Waals surface area contributed by atoms with Crippen LogP contribution in [0, 0.1) is 26.3 Å².